The molecule has 9 heteroatoms. The lowest BCUT2D eigenvalue weighted by atomic mass is 9.96. The highest BCUT2D eigenvalue weighted by Crippen LogP contribution is 2.27. The number of hydrogen-bond acceptors (Lipinski definition) is 6. The molecule has 0 saturated heterocycles. The molecule has 2 heterocycles. The molecule has 3 atom stereocenters. The van der Waals surface area contributed by atoms with Crippen LogP contribution in [0.3, 0.4) is 0 Å². The van der Waals surface area contributed by atoms with Gasteiger partial charge in [0.1, 0.15) is 11.7 Å². The Morgan fingerprint density at radius 1 is 1.31 bits per heavy atom. The van der Waals surface area contributed by atoms with E-state index in [2.05, 4.69) is 22.1 Å². The molecule has 1 aliphatic heterocycles. The Kier molecular flexibility index (Phi) is 9.97. The van der Waals surface area contributed by atoms with Gasteiger partial charge in [-0.15, -0.1) is 0 Å². The molecule has 1 aromatic heterocycles. The van der Waals surface area contributed by atoms with Gasteiger partial charge in [0.2, 0.25) is 5.88 Å². The lowest BCUT2D eigenvalue weighted by Gasteiger charge is -2.38. The van der Waals surface area contributed by atoms with Crippen LogP contribution < -0.4 is 10.1 Å². The summed E-state index contributed by atoms with van der Waals surface area (Å²) in [5.74, 6) is 6.00. The molecule has 9 nitrogen and oxygen atoms in total. The number of likely N-dealkylation sites (N-methyl/N-ethyl adjacent to an activating group) is 1. The van der Waals surface area contributed by atoms with E-state index in [1.54, 1.807) is 29.1 Å². The summed E-state index contributed by atoms with van der Waals surface area (Å²) >= 11 is 0. The first-order valence-electron chi connectivity index (χ1n) is 12.9. The van der Waals surface area contributed by atoms with E-state index in [1.165, 1.54) is 6.42 Å². The fourth-order valence-electron chi connectivity index (χ4n) is 4.57. The van der Waals surface area contributed by atoms with Gasteiger partial charge in [-0.2, -0.15) is 0 Å². The van der Waals surface area contributed by atoms with Crippen LogP contribution >= 0.6 is 0 Å². The van der Waals surface area contributed by atoms with Gasteiger partial charge in [0.05, 0.1) is 25.7 Å². The first-order chi connectivity index (χ1) is 17.2. The number of carbonyl (C=O) groups excluding carboxylic acids is 2. The van der Waals surface area contributed by atoms with Crippen molar-refractivity contribution in [3.8, 4) is 17.7 Å². The maximum absolute atomic E-state index is 13.5. The second-order valence-corrected chi connectivity index (χ2v) is 10.4. The number of amides is 3. The van der Waals surface area contributed by atoms with Crippen molar-refractivity contribution >= 4 is 11.9 Å². The van der Waals surface area contributed by atoms with Gasteiger partial charge in [-0.1, -0.05) is 38.0 Å². The molecule has 2 aliphatic rings. The summed E-state index contributed by atoms with van der Waals surface area (Å²) < 4.78 is 6.29. The Bertz CT molecular complexity index is 967. The van der Waals surface area contributed by atoms with E-state index in [-0.39, 0.29) is 48.5 Å². The lowest BCUT2D eigenvalue weighted by Crippen LogP contribution is -2.52. The number of urea groups is 1. The molecule has 1 aliphatic carbocycles. The summed E-state index contributed by atoms with van der Waals surface area (Å²) in [5.41, 5.74) is 0.941. The van der Waals surface area contributed by atoms with E-state index >= 15 is 0 Å². The molecule has 198 valence electrons. The maximum atomic E-state index is 13.5. The zero-order valence-electron chi connectivity index (χ0n) is 22.3. The minimum absolute atomic E-state index is 0.0950. The molecule has 3 rings (SSSR count). The summed E-state index contributed by atoms with van der Waals surface area (Å²) in [4.78, 5) is 36.1. The third-order valence-corrected chi connectivity index (χ3v) is 6.88. The highest BCUT2D eigenvalue weighted by Gasteiger charge is 2.35. The van der Waals surface area contributed by atoms with Crippen LogP contribution in [-0.4, -0.2) is 102 Å². The monoisotopic (exact) mass is 499 g/mol. The second-order valence-electron chi connectivity index (χ2n) is 10.4. The first-order valence-corrected chi connectivity index (χ1v) is 12.9. The average molecular weight is 500 g/mol. The van der Waals surface area contributed by atoms with Crippen molar-refractivity contribution in [3.63, 3.8) is 0 Å². The Morgan fingerprint density at radius 2 is 2.03 bits per heavy atom. The van der Waals surface area contributed by atoms with Gasteiger partial charge in [-0.3, -0.25) is 9.69 Å². The highest BCUT2D eigenvalue weighted by atomic mass is 16.5. The minimum atomic E-state index is -0.384. The minimum Gasteiger partial charge on any atom is -0.472 e. The van der Waals surface area contributed by atoms with Crippen molar-refractivity contribution in [1.29, 1.82) is 0 Å². The Hall–Kier alpha value is -2.83. The molecular weight excluding hydrogens is 458 g/mol. The number of aliphatic hydroxyl groups is 1. The standard InChI is InChI=1S/C27H41N5O4/c1-19-16-32(20(2)18-33)26(34)23-14-21(10-9-13-30(3)4)15-28-25(23)36-24(19)17-31(5)27(35)29-22-11-7-6-8-12-22/h14-15,19-20,22,24,33H,6-8,11-13,16-18H2,1-5H3,(H,29,35)/t19-,20+,24+/m0/s1. The van der Waals surface area contributed by atoms with Gasteiger partial charge >= 0.3 is 6.03 Å². The summed E-state index contributed by atoms with van der Waals surface area (Å²) in [7, 11) is 5.64. The van der Waals surface area contributed by atoms with Gasteiger partial charge in [-0.05, 0) is 39.9 Å². The van der Waals surface area contributed by atoms with Crippen molar-refractivity contribution in [3.05, 3.63) is 23.4 Å². The molecule has 1 fully saturated rings. The van der Waals surface area contributed by atoms with Crippen LogP contribution in [0.4, 0.5) is 4.79 Å². The molecule has 1 saturated carbocycles. The van der Waals surface area contributed by atoms with E-state index in [0.29, 0.717) is 30.8 Å². The number of nitrogens with one attached hydrogen (secondary N) is 1. The number of hydrogen-bond donors (Lipinski definition) is 2. The van der Waals surface area contributed by atoms with Crippen LogP contribution in [0.1, 0.15) is 61.9 Å². The predicted molar refractivity (Wildman–Crippen MR) is 139 cm³/mol. The summed E-state index contributed by atoms with van der Waals surface area (Å²) in [6, 6.07) is 1.44. The molecular formula is C27H41N5O4. The third-order valence-electron chi connectivity index (χ3n) is 6.88. The fourth-order valence-corrected chi connectivity index (χ4v) is 4.57. The second kappa shape index (κ2) is 12.9. The van der Waals surface area contributed by atoms with E-state index < -0.39 is 0 Å². The molecule has 2 N–H and O–H groups in total. The quantitative estimate of drug-likeness (QED) is 0.583. The van der Waals surface area contributed by atoms with Gasteiger partial charge < -0.3 is 25.0 Å². The summed E-state index contributed by atoms with van der Waals surface area (Å²) in [5, 5.41) is 13.0. The average Bonchev–Trinajstić information content (AvgIpc) is 2.86. The van der Waals surface area contributed by atoms with Crippen molar-refractivity contribution in [2.45, 2.75) is 64.1 Å². The van der Waals surface area contributed by atoms with E-state index in [0.717, 1.165) is 25.7 Å². The molecule has 0 bridgehead atoms. The predicted octanol–water partition coefficient (Wildman–Crippen LogP) is 2.19. The first kappa shape index (κ1) is 27.8. The normalized spacial score (nSPS) is 21.4. The number of nitrogens with zero attached hydrogens (tertiary/aromatic N) is 4. The number of ether oxygens (including phenoxy) is 1. The Morgan fingerprint density at radius 3 is 2.69 bits per heavy atom. The van der Waals surface area contributed by atoms with Crippen LogP contribution in [0.5, 0.6) is 5.88 Å². The van der Waals surface area contributed by atoms with Crippen molar-refractivity contribution in [2.75, 3.05) is 47.4 Å². The Balaban J connectivity index is 1.83. The molecule has 3 amide bonds. The van der Waals surface area contributed by atoms with Gasteiger partial charge in [0, 0.05) is 37.3 Å². The third kappa shape index (κ3) is 7.34. The topological polar surface area (TPSA) is 98.2 Å². The van der Waals surface area contributed by atoms with E-state index in [9.17, 15) is 14.7 Å². The number of aromatic nitrogens is 1. The molecule has 0 aromatic carbocycles. The summed E-state index contributed by atoms with van der Waals surface area (Å²) in [6.45, 7) is 4.98. The highest BCUT2D eigenvalue weighted by molar-refractivity contribution is 5.97. The van der Waals surface area contributed by atoms with Crippen molar-refractivity contribution in [2.24, 2.45) is 5.92 Å². The van der Waals surface area contributed by atoms with Crippen molar-refractivity contribution < 1.29 is 19.4 Å². The van der Waals surface area contributed by atoms with E-state index in [4.69, 9.17) is 4.74 Å². The van der Waals surface area contributed by atoms with Crippen LogP contribution in [0.25, 0.3) is 0 Å². The zero-order valence-corrected chi connectivity index (χ0v) is 22.3. The number of rotatable bonds is 6. The van der Waals surface area contributed by atoms with E-state index in [1.807, 2.05) is 32.8 Å². The van der Waals surface area contributed by atoms with Crippen molar-refractivity contribution in [1.82, 2.24) is 25.0 Å². The Labute approximate surface area is 215 Å². The largest absolute Gasteiger partial charge is 0.472 e. The molecule has 0 spiro atoms. The number of fused-ring (bicyclic) bond motifs is 1. The van der Waals surface area contributed by atoms with Crippen LogP contribution in [0.2, 0.25) is 0 Å². The number of carbonyl (C=O) groups is 2. The molecule has 0 radical (unpaired) electrons. The fraction of sp³-hybridized carbons (Fsp3) is 0.667. The molecule has 36 heavy (non-hydrogen) atoms. The number of aliphatic hydroxyl groups excluding tert-OH is 1. The lowest BCUT2D eigenvalue weighted by molar-refractivity contribution is 0.0351. The SMILES string of the molecule is C[C@H](CO)N1C[C@H](C)[C@@H](CN(C)C(=O)NC2CCCCC2)Oc2ncc(C#CCN(C)C)cc2C1=O. The smallest absolute Gasteiger partial charge is 0.317 e. The van der Waals surface area contributed by atoms with Gasteiger partial charge in [0.15, 0.2) is 0 Å². The number of pyridine rings is 1. The van der Waals surface area contributed by atoms with Gasteiger partial charge in [-0.25, -0.2) is 9.78 Å². The van der Waals surface area contributed by atoms with Crippen LogP contribution in [-0.2, 0) is 0 Å². The molecule has 1 aromatic rings. The maximum Gasteiger partial charge on any atom is 0.317 e. The zero-order chi connectivity index (χ0) is 26.2. The van der Waals surface area contributed by atoms with Gasteiger partial charge in [0.25, 0.3) is 5.91 Å². The summed E-state index contributed by atoms with van der Waals surface area (Å²) in [6.07, 6.45) is 6.78. The van der Waals surface area contributed by atoms with Crippen LogP contribution in [0, 0.1) is 17.8 Å². The molecule has 0 unspecified atom stereocenters. The van der Waals surface area contributed by atoms with Crippen LogP contribution in [0.15, 0.2) is 12.3 Å².